The average Bonchev–Trinajstić information content (AvgIpc) is 3.06. The molecule has 1 atom stereocenters. The predicted octanol–water partition coefficient (Wildman–Crippen LogP) is 2.36. The van der Waals surface area contributed by atoms with E-state index in [1.165, 1.54) is 6.42 Å². The van der Waals surface area contributed by atoms with Crippen molar-refractivity contribution in [3.63, 3.8) is 0 Å². The summed E-state index contributed by atoms with van der Waals surface area (Å²) in [6.07, 6.45) is 10.0. The molecule has 4 rings (SSSR count). The fraction of sp³-hybridized carbons (Fsp3) is 0.692. The normalized spacial score (nSPS) is 22.7. The minimum atomic E-state index is -0.240. The van der Waals surface area contributed by atoms with Crippen molar-refractivity contribution in [3.05, 3.63) is 30.1 Å². The van der Waals surface area contributed by atoms with Gasteiger partial charge in [0, 0.05) is 64.6 Å². The van der Waals surface area contributed by atoms with Crippen LogP contribution < -0.4 is 0 Å². The van der Waals surface area contributed by atoms with Crippen molar-refractivity contribution in [3.8, 4) is 0 Å². The number of nitrogens with zero attached hydrogens (tertiary/aromatic N) is 5. The molecule has 3 fully saturated rings. The fourth-order valence-electron chi connectivity index (χ4n) is 5.51. The van der Waals surface area contributed by atoms with Crippen LogP contribution in [0, 0.1) is 5.92 Å². The van der Waals surface area contributed by atoms with Crippen LogP contribution in [0.1, 0.15) is 50.5 Å². The van der Waals surface area contributed by atoms with Crippen LogP contribution >= 0.6 is 0 Å². The standard InChI is InChI=1S/C26H39N5O4/c1-28(2)26(34)29-14-10-21(11-15-29)25(33)30-16-23(35-19-20-8-12-27-13-9-20)17-31(24(32)18-30)22-6-4-3-5-7-22/h8-9,12-13,21-23H,3-7,10-11,14-19H2,1-2H3. The number of aromatic nitrogens is 1. The SMILES string of the molecule is CN(C)C(=O)N1CCC(C(=O)N2CC(=O)N(C3CCCCC3)CC(OCc3ccncc3)C2)CC1. The van der Waals surface area contributed by atoms with Gasteiger partial charge in [-0.1, -0.05) is 19.3 Å². The van der Waals surface area contributed by atoms with Crippen LogP contribution in [0.2, 0.25) is 0 Å². The number of pyridine rings is 1. The molecular formula is C26H39N5O4. The molecule has 1 aliphatic carbocycles. The number of ether oxygens (including phenoxy) is 1. The summed E-state index contributed by atoms with van der Waals surface area (Å²) in [7, 11) is 3.49. The number of piperidine rings is 1. The second-order valence-corrected chi connectivity index (χ2v) is 10.3. The van der Waals surface area contributed by atoms with Gasteiger partial charge in [0.15, 0.2) is 0 Å². The highest BCUT2D eigenvalue weighted by molar-refractivity contribution is 5.87. The van der Waals surface area contributed by atoms with Crippen molar-refractivity contribution >= 4 is 17.8 Å². The Hall–Kier alpha value is -2.68. The molecule has 0 bridgehead atoms. The molecule has 3 aliphatic rings. The van der Waals surface area contributed by atoms with E-state index >= 15 is 0 Å². The first kappa shape index (κ1) is 25.4. The Morgan fingerprint density at radius 1 is 1.00 bits per heavy atom. The highest BCUT2D eigenvalue weighted by Gasteiger charge is 2.38. The van der Waals surface area contributed by atoms with Crippen LogP contribution in [0.15, 0.2) is 24.5 Å². The van der Waals surface area contributed by atoms with Gasteiger partial charge in [-0.3, -0.25) is 14.6 Å². The molecular weight excluding hydrogens is 446 g/mol. The second-order valence-electron chi connectivity index (χ2n) is 10.3. The van der Waals surface area contributed by atoms with Crippen LogP contribution in [-0.4, -0.2) is 101 Å². The van der Waals surface area contributed by atoms with Gasteiger partial charge in [0.1, 0.15) is 0 Å². The zero-order chi connectivity index (χ0) is 24.8. The maximum absolute atomic E-state index is 13.5. The molecule has 35 heavy (non-hydrogen) atoms. The van der Waals surface area contributed by atoms with Crippen molar-refractivity contribution in [1.82, 2.24) is 24.6 Å². The van der Waals surface area contributed by atoms with Gasteiger partial charge in [-0.2, -0.15) is 0 Å². The van der Waals surface area contributed by atoms with Crippen molar-refractivity contribution in [2.24, 2.45) is 5.92 Å². The van der Waals surface area contributed by atoms with E-state index in [0.29, 0.717) is 45.6 Å². The Labute approximate surface area is 208 Å². The molecule has 0 N–H and O–H groups in total. The summed E-state index contributed by atoms with van der Waals surface area (Å²) in [5, 5.41) is 0. The predicted molar refractivity (Wildman–Crippen MR) is 131 cm³/mol. The zero-order valence-electron chi connectivity index (χ0n) is 21.1. The minimum absolute atomic E-state index is 0.0123. The number of rotatable bonds is 5. The van der Waals surface area contributed by atoms with Crippen molar-refractivity contribution in [2.45, 2.75) is 63.7 Å². The van der Waals surface area contributed by atoms with Gasteiger partial charge < -0.3 is 24.3 Å². The Bertz CT molecular complexity index is 866. The van der Waals surface area contributed by atoms with Crippen molar-refractivity contribution < 1.29 is 19.1 Å². The molecule has 0 radical (unpaired) electrons. The molecule has 2 saturated heterocycles. The van der Waals surface area contributed by atoms with E-state index in [1.807, 2.05) is 17.0 Å². The molecule has 192 valence electrons. The summed E-state index contributed by atoms with van der Waals surface area (Å²) in [5.41, 5.74) is 1.02. The first-order valence-electron chi connectivity index (χ1n) is 13.0. The molecule has 0 aromatic carbocycles. The number of likely N-dealkylation sites (tertiary alicyclic amines) is 1. The highest BCUT2D eigenvalue weighted by Crippen LogP contribution is 2.26. The Kier molecular flexibility index (Phi) is 8.59. The lowest BCUT2D eigenvalue weighted by atomic mass is 9.94. The molecule has 9 nitrogen and oxygen atoms in total. The number of urea groups is 1. The second kappa shape index (κ2) is 11.8. The number of carbonyl (C=O) groups excluding carboxylic acids is 3. The lowest BCUT2D eigenvalue weighted by Gasteiger charge is -2.35. The molecule has 1 aromatic heterocycles. The van der Waals surface area contributed by atoms with E-state index in [1.54, 1.807) is 41.2 Å². The van der Waals surface area contributed by atoms with Crippen LogP contribution in [0.3, 0.4) is 0 Å². The summed E-state index contributed by atoms with van der Waals surface area (Å²) in [6, 6.07) is 4.06. The van der Waals surface area contributed by atoms with Gasteiger partial charge >= 0.3 is 6.03 Å². The molecule has 1 unspecified atom stereocenters. The maximum Gasteiger partial charge on any atom is 0.319 e. The maximum atomic E-state index is 13.5. The lowest BCUT2D eigenvalue weighted by molar-refractivity contribution is -0.143. The van der Waals surface area contributed by atoms with Crippen LogP contribution in [0.4, 0.5) is 4.79 Å². The van der Waals surface area contributed by atoms with E-state index in [4.69, 9.17) is 4.74 Å². The van der Waals surface area contributed by atoms with Crippen LogP contribution in [0.5, 0.6) is 0 Å². The summed E-state index contributed by atoms with van der Waals surface area (Å²) in [4.78, 5) is 50.3. The third-order valence-electron chi connectivity index (χ3n) is 7.53. The molecule has 3 heterocycles. The van der Waals surface area contributed by atoms with Gasteiger partial charge in [0.25, 0.3) is 0 Å². The monoisotopic (exact) mass is 485 g/mol. The zero-order valence-corrected chi connectivity index (χ0v) is 21.1. The van der Waals surface area contributed by atoms with E-state index in [0.717, 1.165) is 31.2 Å². The Morgan fingerprint density at radius 3 is 2.34 bits per heavy atom. The smallest absolute Gasteiger partial charge is 0.319 e. The number of hydrogen-bond acceptors (Lipinski definition) is 5. The van der Waals surface area contributed by atoms with Crippen molar-refractivity contribution in [2.75, 3.05) is 46.8 Å². The molecule has 0 spiro atoms. The summed E-state index contributed by atoms with van der Waals surface area (Å²) < 4.78 is 6.29. The Morgan fingerprint density at radius 2 is 1.69 bits per heavy atom. The van der Waals surface area contributed by atoms with Crippen molar-refractivity contribution in [1.29, 1.82) is 0 Å². The van der Waals surface area contributed by atoms with Crippen LogP contribution in [0.25, 0.3) is 0 Å². The van der Waals surface area contributed by atoms with E-state index in [2.05, 4.69) is 4.98 Å². The summed E-state index contributed by atoms with van der Waals surface area (Å²) in [6.45, 7) is 2.59. The molecule has 2 aliphatic heterocycles. The van der Waals surface area contributed by atoms with E-state index in [9.17, 15) is 14.4 Å². The first-order chi connectivity index (χ1) is 16.9. The molecule has 4 amide bonds. The van der Waals surface area contributed by atoms with Gasteiger partial charge in [-0.25, -0.2) is 4.79 Å². The van der Waals surface area contributed by atoms with Gasteiger partial charge in [-0.05, 0) is 43.4 Å². The molecule has 9 heteroatoms. The van der Waals surface area contributed by atoms with Gasteiger partial charge in [0.05, 0.1) is 19.3 Å². The van der Waals surface area contributed by atoms with Gasteiger partial charge in [-0.15, -0.1) is 0 Å². The number of hydrogen-bond donors (Lipinski definition) is 0. The largest absolute Gasteiger partial charge is 0.370 e. The quantitative estimate of drug-likeness (QED) is 0.639. The van der Waals surface area contributed by atoms with E-state index in [-0.39, 0.29) is 42.5 Å². The minimum Gasteiger partial charge on any atom is -0.370 e. The van der Waals surface area contributed by atoms with E-state index < -0.39 is 0 Å². The molecule has 1 saturated carbocycles. The van der Waals surface area contributed by atoms with Gasteiger partial charge in [0.2, 0.25) is 11.8 Å². The number of carbonyl (C=O) groups is 3. The first-order valence-corrected chi connectivity index (χ1v) is 13.0. The fourth-order valence-corrected chi connectivity index (χ4v) is 5.51. The third kappa shape index (κ3) is 6.51. The molecule has 1 aromatic rings. The van der Waals surface area contributed by atoms with Crippen LogP contribution in [-0.2, 0) is 20.9 Å². The average molecular weight is 486 g/mol. The summed E-state index contributed by atoms with van der Waals surface area (Å²) >= 11 is 0. The lowest BCUT2D eigenvalue weighted by Crippen LogP contribution is -2.49. The topological polar surface area (TPSA) is 86.3 Å². The summed E-state index contributed by atoms with van der Waals surface area (Å²) in [5.74, 6) is -0.130. The Balaban J connectivity index is 1.43. The number of amides is 4. The third-order valence-corrected chi connectivity index (χ3v) is 7.53. The highest BCUT2D eigenvalue weighted by atomic mass is 16.5.